The molecule has 1 heterocycles. The lowest BCUT2D eigenvalue weighted by atomic mass is 9.79. The van der Waals surface area contributed by atoms with Gasteiger partial charge in [-0.1, -0.05) is 13.3 Å². The van der Waals surface area contributed by atoms with Crippen molar-refractivity contribution >= 4 is 5.78 Å². The number of rotatable bonds is 2. The summed E-state index contributed by atoms with van der Waals surface area (Å²) in [6.45, 7) is 1.96. The van der Waals surface area contributed by atoms with Crippen LogP contribution in [0.25, 0.3) is 0 Å². The van der Waals surface area contributed by atoms with Crippen LogP contribution in [-0.2, 0) is 7.05 Å². The van der Waals surface area contributed by atoms with Crippen LogP contribution < -0.4 is 5.73 Å². The van der Waals surface area contributed by atoms with Gasteiger partial charge in [-0.05, 0) is 18.9 Å². The highest BCUT2D eigenvalue weighted by molar-refractivity contribution is 5.99. The van der Waals surface area contributed by atoms with Gasteiger partial charge in [0.2, 0.25) is 0 Å². The van der Waals surface area contributed by atoms with Crippen LogP contribution in [0.1, 0.15) is 36.7 Å². The van der Waals surface area contributed by atoms with Crippen molar-refractivity contribution in [3.8, 4) is 0 Å². The molecular formula is C11H17N3O. The van der Waals surface area contributed by atoms with E-state index in [2.05, 4.69) is 5.10 Å². The Morgan fingerprint density at radius 3 is 2.93 bits per heavy atom. The Bertz CT molecular complexity index is 385. The molecule has 1 saturated carbocycles. The maximum Gasteiger partial charge on any atom is 0.190 e. The first-order valence-electron chi connectivity index (χ1n) is 5.34. The van der Waals surface area contributed by atoms with Crippen molar-refractivity contribution in [1.29, 1.82) is 0 Å². The van der Waals surface area contributed by atoms with Gasteiger partial charge in [-0.3, -0.25) is 9.48 Å². The molecule has 4 nitrogen and oxygen atoms in total. The highest BCUT2D eigenvalue weighted by Gasteiger charge is 2.43. The van der Waals surface area contributed by atoms with Crippen LogP contribution in [0.15, 0.2) is 12.3 Å². The Labute approximate surface area is 89.5 Å². The first-order valence-corrected chi connectivity index (χ1v) is 5.34. The number of hydrogen-bond donors (Lipinski definition) is 1. The quantitative estimate of drug-likeness (QED) is 0.739. The van der Waals surface area contributed by atoms with E-state index in [1.54, 1.807) is 16.9 Å². The van der Waals surface area contributed by atoms with Gasteiger partial charge >= 0.3 is 0 Å². The van der Waals surface area contributed by atoms with Gasteiger partial charge in [0.05, 0.1) is 0 Å². The van der Waals surface area contributed by atoms with Crippen LogP contribution in [0, 0.1) is 5.41 Å². The van der Waals surface area contributed by atoms with Gasteiger partial charge in [0.15, 0.2) is 5.78 Å². The first-order chi connectivity index (χ1) is 7.04. The molecule has 1 aromatic rings. The molecule has 82 valence electrons. The zero-order valence-corrected chi connectivity index (χ0v) is 9.23. The maximum atomic E-state index is 12.2. The SMILES string of the molecule is Cn1ccc(C(=O)C2(C)CCCC2N)n1. The van der Waals surface area contributed by atoms with Gasteiger partial charge in [0.1, 0.15) is 5.69 Å². The number of ketones is 1. The Hall–Kier alpha value is -1.16. The molecule has 0 saturated heterocycles. The predicted molar refractivity (Wildman–Crippen MR) is 57.5 cm³/mol. The Kier molecular flexibility index (Phi) is 2.38. The molecule has 4 heteroatoms. The van der Waals surface area contributed by atoms with Crippen molar-refractivity contribution < 1.29 is 4.79 Å². The van der Waals surface area contributed by atoms with E-state index < -0.39 is 5.41 Å². The molecule has 1 aromatic heterocycles. The largest absolute Gasteiger partial charge is 0.327 e. The van der Waals surface area contributed by atoms with Crippen molar-refractivity contribution in [2.75, 3.05) is 0 Å². The van der Waals surface area contributed by atoms with E-state index in [1.165, 1.54) is 0 Å². The van der Waals surface area contributed by atoms with Gasteiger partial charge in [-0.15, -0.1) is 0 Å². The third kappa shape index (κ3) is 1.59. The summed E-state index contributed by atoms with van der Waals surface area (Å²) in [5, 5.41) is 4.15. The van der Waals surface area contributed by atoms with Crippen LogP contribution in [-0.4, -0.2) is 21.6 Å². The third-order valence-corrected chi connectivity index (χ3v) is 3.49. The molecule has 1 aliphatic rings. The lowest BCUT2D eigenvalue weighted by molar-refractivity contribution is 0.0796. The minimum atomic E-state index is -0.408. The lowest BCUT2D eigenvalue weighted by Gasteiger charge is -2.26. The molecule has 2 atom stereocenters. The minimum absolute atomic E-state index is 0.0213. The second kappa shape index (κ2) is 3.45. The molecule has 0 bridgehead atoms. The Morgan fingerprint density at radius 2 is 2.47 bits per heavy atom. The topological polar surface area (TPSA) is 60.9 Å². The number of nitrogens with two attached hydrogens (primary N) is 1. The van der Waals surface area contributed by atoms with E-state index in [-0.39, 0.29) is 11.8 Å². The Morgan fingerprint density at radius 1 is 1.73 bits per heavy atom. The molecule has 2 rings (SSSR count). The normalized spacial score (nSPS) is 30.7. The summed E-state index contributed by atoms with van der Waals surface area (Å²) in [6, 6.07) is 1.74. The maximum absolute atomic E-state index is 12.2. The summed E-state index contributed by atoms with van der Waals surface area (Å²) in [5.41, 5.74) is 6.13. The third-order valence-electron chi connectivity index (χ3n) is 3.49. The fourth-order valence-electron chi connectivity index (χ4n) is 2.30. The number of carbonyl (C=O) groups excluding carboxylic acids is 1. The monoisotopic (exact) mass is 207 g/mol. The zero-order chi connectivity index (χ0) is 11.1. The van der Waals surface area contributed by atoms with Crippen LogP contribution in [0.3, 0.4) is 0 Å². The van der Waals surface area contributed by atoms with E-state index >= 15 is 0 Å². The molecule has 15 heavy (non-hydrogen) atoms. The average molecular weight is 207 g/mol. The summed E-state index contributed by atoms with van der Waals surface area (Å²) >= 11 is 0. The number of aryl methyl sites for hydroxylation is 1. The second-order valence-corrected chi connectivity index (χ2v) is 4.62. The molecule has 0 spiro atoms. The van der Waals surface area contributed by atoms with Gasteiger partial charge in [0, 0.05) is 24.7 Å². The number of carbonyl (C=O) groups is 1. The predicted octanol–water partition coefficient (Wildman–Crippen LogP) is 1.12. The average Bonchev–Trinajstić information content (AvgIpc) is 2.75. The molecule has 2 unspecified atom stereocenters. The molecule has 2 N–H and O–H groups in total. The highest BCUT2D eigenvalue weighted by Crippen LogP contribution is 2.39. The standard InChI is InChI=1S/C11H17N3O/c1-11(6-3-4-9(11)12)10(15)8-5-7-14(2)13-8/h5,7,9H,3-4,6,12H2,1-2H3. The summed E-state index contributed by atoms with van der Waals surface area (Å²) in [4.78, 5) is 12.2. The van der Waals surface area contributed by atoms with E-state index in [4.69, 9.17) is 5.73 Å². The highest BCUT2D eigenvalue weighted by atomic mass is 16.1. The van der Waals surface area contributed by atoms with Crippen LogP contribution >= 0.6 is 0 Å². The van der Waals surface area contributed by atoms with Crippen LogP contribution in [0.4, 0.5) is 0 Å². The lowest BCUT2D eigenvalue weighted by Crippen LogP contribution is -2.41. The van der Waals surface area contributed by atoms with Crippen LogP contribution in [0.2, 0.25) is 0 Å². The number of aromatic nitrogens is 2. The summed E-state index contributed by atoms with van der Waals surface area (Å²) in [7, 11) is 1.81. The molecule has 1 fully saturated rings. The molecule has 1 aliphatic carbocycles. The minimum Gasteiger partial charge on any atom is -0.327 e. The molecular weight excluding hydrogens is 190 g/mol. The Balaban J connectivity index is 2.28. The van der Waals surface area contributed by atoms with Gasteiger partial charge in [-0.2, -0.15) is 5.10 Å². The summed E-state index contributed by atoms with van der Waals surface area (Å²) in [5.74, 6) is 0.0908. The molecule has 0 aliphatic heterocycles. The number of nitrogens with zero attached hydrogens (tertiary/aromatic N) is 2. The second-order valence-electron chi connectivity index (χ2n) is 4.62. The summed E-state index contributed by atoms with van der Waals surface area (Å²) < 4.78 is 1.65. The van der Waals surface area contributed by atoms with Crippen molar-refractivity contribution in [1.82, 2.24) is 9.78 Å². The van der Waals surface area contributed by atoms with E-state index in [0.717, 1.165) is 19.3 Å². The van der Waals surface area contributed by atoms with Gasteiger partial charge < -0.3 is 5.73 Å². The van der Waals surface area contributed by atoms with Gasteiger partial charge in [0.25, 0.3) is 0 Å². The fraction of sp³-hybridized carbons (Fsp3) is 0.636. The van der Waals surface area contributed by atoms with Gasteiger partial charge in [-0.25, -0.2) is 0 Å². The smallest absolute Gasteiger partial charge is 0.190 e. The molecule has 0 aromatic carbocycles. The first kappa shape index (κ1) is 10.4. The number of hydrogen-bond acceptors (Lipinski definition) is 3. The van der Waals surface area contributed by atoms with Crippen molar-refractivity contribution in [2.24, 2.45) is 18.2 Å². The van der Waals surface area contributed by atoms with Crippen molar-refractivity contribution in [3.05, 3.63) is 18.0 Å². The summed E-state index contributed by atoms with van der Waals surface area (Å²) in [6.07, 6.45) is 4.64. The van der Waals surface area contributed by atoms with Crippen molar-refractivity contribution in [2.45, 2.75) is 32.2 Å². The van der Waals surface area contributed by atoms with E-state index in [9.17, 15) is 4.79 Å². The fourth-order valence-corrected chi connectivity index (χ4v) is 2.30. The zero-order valence-electron chi connectivity index (χ0n) is 9.23. The van der Waals surface area contributed by atoms with E-state index in [0.29, 0.717) is 5.69 Å². The van der Waals surface area contributed by atoms with Crippen molar-refractivity contribution in [3.63, 3.8) is 0 Å². The van der Waals surface area contributed by atoms with E-state index in [1.807, 2.05) is 14.0 Å². The molecule has 0 radical (unpaired) electrons. The number of Topliss-reactive ketones (excluding diaryl/α,β-unsaturated/α-hetero) is 1. The molecule has 0 amide bonds. The van der Waals surface area contributed by atoms with Crippen LogP contribution in [0.5, 0.6) is 0 Å².